The second kappa shape index (κ2) is 6.01. The van der Waals surface area contributed by atoms with Crippen molar-refractivity contribution in [1.29, 1.82) is 0 Å². The molecule has 2 aromatic rings. The second-order valence-corrected chi connectivity index (χ2v) is 5.54. The number of carbonyl (C=O) groups is 2. The van der Waals surface area contributed by atoms with Crippen LogP contribution in [0.2, 0.25) is 0 Å². The molecule has 22 heavy (non-hydrogen) atoms. The third-order valence-corrected chi connectivity index (χ3v) is 4.02. The molecule has 1 aromatic heterocycles. The largest absolute Gasteiger partial charge is 0.481 e. The molecule has 1 fully saturated rings. The van der Waals surface area contributed by atoms with E-state index in [9.17, 15) is 9.59 Å². The number of aliphatic carboxylic acids is 1. The molecule has 1 saturated carbocycles. The Morgan fingerprint density at radius 2 is 1.91 bits per heavy atom. The van der Waals surface area contributed by atoms with Crippen LogP contribution >= 0.6 is 0 Å². The molecule has 0 saturated heterocycles. The first-order chi connectivity index (χ1) is 10.6. The molecule has 0 aliphatic heterocycles. The third-order valence-electron chi connectivity index (χ3n) is 4.02. The lowest BCUT2D eigenvalue weighted by Gasteiger charge is -2.09. The number of carboxylic acids is 1. The van der Waals surface area contributed by atoms with Gasteiger partial charge in [0.1, 0.15) is 0 Å². The van der Waals surface area contributed by atoms with Crippen LogP contribution in [0, 0.1) is 11.8 Å². The molecule has 1 amide bonds. The Balaban J connectivity index is 1.63. The highest BCUT2D eigenvalue weighted by Gasteiger charge is 2.33. The van der Waals surface area contributed by atoms with Gasteiger partial charge in [0.15, 0.2) is 0 Å². The van der Waals surface area contributed by atoms with Crippen LogP contribution < -0.4 is 5.32 Å². The van der Waals surface area contributed by atoms with Crippen LogP contribution in [0.5, 0.6) is 0 Å². The van der Waals surface area contributed by atoms with E-state index >= 15 is 0 Å². The van der Waals surface area contributed by atoms with Crippen molar-refractivity contribution in [3.63, 3.8) is 0 Å². The fourth-order valence-electron chi connectivity index (χ4n) is 2.80. The van der Waals surface area contributed by atoms with Crippen LogP contribution in [-0.2, 0) is 9.59 Å². The van der Waals surface area contributed by atoms with Gasteiger partial charge < -0.3 is 10.4 Å². The van der Waals surface area contributed by atoms with Crippen molar-refractivity contribution in [2.45, 2.75) is 19.3 Å². The lowest BCUT2D eigenvalue weighted by Crippen LogP contribution is -2.21. The first kappa shape index (κ1) is 14.3. The van der Waals surface area contributed by atoms with Gasteiger partial charge in [0.25, 0.3) is 0 Å². The normalized spacial score (nSPS) is 20.7. The highest BCUT2D eigenvalue weighted by molar-refractivity contribution is 5.93. The number of hydrogen-bond acceptors (Lipinski definition) is 3. The molecule has 1 aromatic carbocycles. The zero-order valence-electron chi connectivity index (χ0n) is 12.0. The average molecular weight is 299 g/mol. The van der Waals surface area contributed by atoms with Gasteiger partial charge in [-0.25, -0.2) is 4.68 Å². The predicted octanol–water partition coefficient (Wildman–Crippen LogP) is 2.31. The molecular weight excluding hydrogens is 282 g/mol. The molecule has 0 radical (unpaired) electrons. The minimum atomic E-state index is -0.813. The molecule has 0 unspecified atom stereocenters. The molecule has 1 aliphatic rings. The number of hydrogen-bond donors (Lipinski definition) is 2. The maximum absolute atomic E-state index is 12.2. The van der Waals surface area contributed by atoms with Crippen LogP contribution in [0.1, 0.15) is 19.3 Å². The maximum Gasteiger partial charge on any atom is 0.306 e. The molecule has 1 aliphatic carbocycles. The average Bonchev–Trinajstić information content (AvgIpc) is 3.17. The monoisotopic (exact) mass is 299 g/mol. The Bertz CT molecular complexity index is 681. The molecule has 2 atom stereocenters. The molecule has 0 spiro atoms. The fourth-order valence-corrected chi connectivity index (χ4v) is 2.80. The summed E-state index contributed by atoms with van der Waals surface area (Å²) in [4.78, 5) is 23.1. The van der Waals surface area contributed by atoms with Gasteiger partial charge >= 0.3 is 5.97 Å². The highest BCUT2D eigenvalue weighted by atomic mass is 16.4. The number of nitrogens with zero attached hydrogens (tertiary/aromatic N) is 2. The van der Waals surface area contributed by atoms with Crippen LogP contribution in [0.4, 0.5) is 5.69 Å². The Labute approximate surface area is 127 Å². The van der Waals surface area contributed by atoms with Gasteiger partial charge in [-0.15, -0.1) is 0 Å². The summed E-state index contributed by atoms with van der Waals surface area (Å²) < 4.78 is 1.68. The molecule has 6 heteroatoms. The quantitative estimate of drug-likeness (QED) is 0.907. The summed E-state index contributed by atoms with van der Waals surface area (Å²) in [6.45, 7) is 0. The Hall–Kier alpha value is -2.63. The SMILES string of the molecule is O=C(O)[C@@H]1CC[C@H](C(=O)Nc2cnn(-c3ccccc3)c2)C1. The number of amides is 1. The molecular formula is C16H17N3O3. The van der Waals surface area contributed by atoms with Crippen LogP contribution in [0.3, 0.4) is 0 Å². The minimum absolute atomic E-state index is 0.128. The van der Waals surface area contributed by atoms with E-state index < -0.39 is 11.9 Å². The van der Waals surface area contributed by atoms with E-state index in [1.165, 1.54) is 0 Å². The van der Waals surface area contributed by atoms with E-state index in [1.54, 1.807) is 17.1 Å². The molecule has 114 valence electrons. The van der Waals surface area contributed by atoms with Crippen molar-refractivity contribution in [2.24, 2.45) is 11.8 Å². The minimum Gasteiger partial charge on any atom is -0.481 e. The van der Waals surface area contributed by atoms with Gasteiger partial charge in [-0.3, -0.25) is 9.59 Å². The van der Waals surface area contributed by atoms with E-state index in [0.717, 1.165) is 5.69 Å². The summed E-state index contributed by atoms with van der Waals surface area (Å²) in [6, 6.07) is 9.61. The summed E-state index contributed by atoms with van der Waals surface area (Å²) in [5.74, 6) is -1.58. The zero-order chi connectivity index (χ0) is 15.5. The maximum atomic E-state index is 12.2. The lowest BCUT2D eigenvalue weighted by atomic mass is 10.0. The number of para-hydroxylation sites is 1. The summed E-state index contributed by atoms with van der Waals surface area (Å²) in [5.41, 5.74) is 1.53. The number of rotatable bonds is 4. The van der Waals surface area contributed by atoms with Crippen molar-refractivity contribution < 1.29 is 14.7 Å². The molecule has 0 bridgehead atoms. The summed E-state index contributed by atoms with van der Waals surface area (Å²) in [6.07, 6.45) is 4.94. The number of anilines is 1. The predicted molar refractivity (Wildman–Crippen MR) is 80.7 cm³/mol. The van der Waals surface area contributed by atoms with Crippen LogP contribution in [-0.4, -0.2) is 26.8 Å². The van der Waals surface area contributed by atoms with Crippen molar-refractivity contribution in [3.05, 3.63) is 42.7 Å². The molecule has 6 nitrogen and oxygen atoms in total. The fraction of sp³-hybridized carbons (Fsp3) is 0.312. The van der Waals surface area contributed by atoms with Crippen molar-refractivity contribution in [3.8, 4) is 5.69 Å². The Kier molecular flexibility index (Phi) is 3.91. The summed E-state index contributed by atoms with van der Waals surface area (Å²) in [5, 5.41) is 16.0. The first-order valence-corrected chi connectivity index (χ1v) is 7.27. The van der Waals surface area contributed by atoms with Gasteiger partial charge in [-0.1, -0.05) is 18.2 Å². The van der Waals surface area contributed by atoms with Gasteiger partial charge in [0.05, 0.1) is 29.7 Å². The number of nitrogens with one attached hydrogen (secondary N) is 1. The van der Waals surface area contributed by atoms with E-state index in [0.29, 0.717) is 24.9 Å². The molecule has 3 rings (SSSR count). The Morgan fingerprint density at radius 1 is 1.18 bits per heavy atom. The number of aromatic nitrogens is 2. The molecule has 1 heterocycles. The lowest BCUT2D eigenvalue weighted by molar-refractivity contribution is -0.141. The number of benzene rings is 1. The van der Waals surface area contributed by atoms with Crippen molar-refractivity contribution >= 4 is 17.6 Å². The third kappa shape index (κ3) is 3.00. The van der Waals surface area contributed by atoms with Crippen LogP contribution in [0.25, 0.3) is 5.69 Å². The number of carboxylic acid groups (broad SMARTS) is 1. The first-order valence-electron chi connectivity index (χ1n) is 7.27. The topological polar surface area (TPSA) is 84.2 Å². The van der Waals surface area contributed by atoms with Gasteiger partial charge in [0, 0.05) is 5.92 Å². The van der Waals surface area contributed by atoms with E-state index in [-0.39, 0.29) is 11.8 Å². The van der Waals surface area contributed by atoms with Gasteiger partial charge in [0.2, 0.25) is 5.91 Å². The van der Waals surface area contributed by atoms with Crippen molar-refractivity contribution in [2.75, 3.05) is 5.32 Å². The van der Waals surface area contributed by atoms with Crippen LogP contribution in [0.15, 0.2) is 42.7 Å². The van der Waals surface area contributed by atoms with E-state index in [2.05, 4.69) is 10.4 Å². The standard InChI is InChI=1S/C16H17N3O3/c20-15(11-6-7-12(8-11)16(21)22)18-13-9-17-19(10-13)14-4-2-1-3-5-14/h1-5,9-12H,6-8H2,(H,18,20)(H,21,22)/t11-,12+/m0/s1. The summed E-state index contributed by atoms with van der Waals surface area (Å²) in [7, 11) is 0. The number of carbonyl (C=O) groups excluding carboxylic acids is 1. The molecule has 2 N–H and O–H groups in total. The van der Waals surface area contributed by atoms with Crippen molar-refractivity contribution in [1.82, 2.24) is 9.78 Å². The van der Waals surface area contributed by atoms with Gasteiger partial charge in [-0.2, -0.15) is 5.10 Å². The zero-order valence-corrected chi connectivity index (χ0v) is 12.0. The van der Waals surface area contributed by atoms with E-state index in [1.807, 2.05) is 30.3 Å². The van der Waals surface area contributed by atoms with E-state index in [4.69, 9.17) is 5.11 Å². The highest BCUT2D eigenvalue weighted by Crippen LogP contribution is 2.31. The Morgan fingerprint density at radius 3 is 2.59 bits per heavy atom. The summed E-state index contributed by atoms with van der Waals surface area (Å²) >= 11 is 0. The second-order valence-electron chi connectivity index (χ2n) is 5.54. The van der Waals surface area contributed by atoms with Gasteiger partial charge in [-0.05, 0) is 31.4 Å². The smallest absolute Gasteiger partial charge is 0.306 e.